The van der Waals surface area contributed by atoms with E-state index in [1.807, 2.05) is 0 Å². The zero-order chi connectivity index (χ0) is 16.9. The van der Waals surface area contributed by atoms with Crippen LogP contribution < -0.4 is 5.73 Å². The summed E-state index contributed by atoms with van der Waals surface area (Å²) < 4.78 is 0. The fraction of sp³-hybridized carbons (Fsp3) is 0.947. The Morgan fingerprint density at radius 2 is 1.61 bits per heavy atom. The molecule has 4 heteroatoms. The van der Waals surface area contributed by atoms with Gasteiger partial charge in [0.05, 0.1) is 11.5 Å². The molecule has 0 amide bonds. The summed E-state index contributed by atoms with van der Waals surface area (Å²) in [5.74, 6) is -0.0574. The summed E-state index contributed by atoms with van der Waals surface area (Å²) in [6.07, 6.45) is 12.5. The average molecular weight is 325 g/mol. The minimum absolute atomic E-state index is 0.0908. The second kappa shape index (κ2) is 8.48. The highest BCUT2D eigenvalue weighted by Gasteiger charge is 2.48. The van der Waals surface area contributed by atoms with Crippen LogP contribution in [0.3, 0.4) is 0 Å². The number of hydrogen-bond acceptors (Lipinski definition) is 3. The molecule has 2 saturated carbocycles. The molecular weight excluding hydrogens is 290 g/mol. The van der Waals surface area contributed by atoms with E-state index in [1.165, 1.54) is 38.5 Å². The smallest absolute Gasteiger partial charge is 0.311 e. The van der Waals surface area contributed by atoms with Crippen molar-refractivity contribution < 1.29 is 15.0 Å². The van der Waals surface area contributed by atoms with Crippen molar-refractivity contribution in [1.82, 2.24) is 0 Å². The van der Waals surface area contributed by atoms with Gasteiger partial charge in [-0.25, -0.2) is 0 Å². The molecule has 0 heterocycles. The summed E-state index contributed by atoms with van der Waals surface area (Å²) in [6, 6.07) is -0.674. The van der Waals surface area contributed by atoms with E-state index in [-0.39, 0.29) is 5.92 Å². The fourth-order valence-electron chi connectivity index (χ4n) is 4.75. The van der Waals surface area contributed by atoms with Crippen LogP contribution in [-0.4, -0.2) is 28.3 Å². The topological polar surface area (TPSA) is 83.5 Å². The van der Waals surface area contributed by atoms with Crippen molar-refractivity contribution in [3.05, 3.63) is 0 Å². The standard InChI is InChI=1S/C19H35NO3/c1-19(18(22)23,15-10-6-3-7-11-15)17(20)16(21)13-12-14-8-4-2-5-9-14/h14-17,21H,2-13,20H2,1H3,(H,22,23). The molecule has 0 aliphatic heterocycles. The van der Waals surface area contributed by atoms with Gasteiger partial charge in [-0.1, -0.05) is 51.4 Å². The van der Waals surface area contributed by atoms with E-state index in [4.69, 9.17) is 5.73 Å². The number of rotatable bonds is 7. The minimum atomic E-state index is -1.01. The lowest BCUT2D eigenvalue weighted by Crippen LogP contribution is -2.56. The Labute approximate surface area is 140 Å². The van der Waals surface area contributed by atoms with Gasteiger partial charge in [-0.05, 0) is 44.4 Å². The number of aliphatic hydroxyl groups is 1. The van der Waals surface area contributed by atoms with Crippen LogP contribution in [0.25, 0.3) is 0 Å². The Hall–Kier alpha value is -0.610. The van der Waals surface area contributed by atoms with E-state index < -0.39 is 23.5 Å². The SMILES string of the molecule is CC(C(=O)O)(C1CCCCC1)C(N)C(O)CCC1CCCCC1. The molecule has 134 valence electrons. The van der Waals surface area contributed by atoms with Gasteiger partial charge in [0.25, 0.3) is 0 Å². The number of aliphatic hydroxyl groups excluding tert-OH is 1. The number of carboxylic acids is 1. The first-order valence-corrected chi connectivity index (χ1v) is 9.63. The monoisotopic (exact) mass is 325 g/mol. The maximum atomic E-state index is 12.0. The third-order valence-electron chi connectivity index (χ3n) is 6.62. The third kappa shape index (κ3) is 4.48. The summed E-state index contributed by atoms with van der Waals surface area (Å²) in [6.45, 7) is 1.76. The summed E-state index contributed by atoms with van der Waals surface area (Å²) in [4.78, 5) is 12.0. The molecule has 0 spiro atoms. The van der Waals surface area contributed by atoms with Crippen LogP contribution in [0.1, 0.15) is 84.0 Å². The molecular formula is C19H35NO3. The van der Waals surface area contributed by atoms with Crippen molar-refractivity contribution in [2.24, 2.45) is 23.0 Å². The van der Waals surface area contributed by atoms with Crippen molar-refractivity contribution >= 4 is 5.97 Å². The van der Waals surface area contributed by atoms with Crippen LogP contribution >= 0.6 is 0 Å². The molecule has 3 atom stereocenters. The first-order chi connectivity index (χ1) is 11.0. The van der Waals surface area contributed by atoms with Gasteiger partial charge in [0.1, 0.15) is 0 Å². The minimum Gasteiger partial charge on any atom is -0.481 e. The van der Waals surface area contributed by atoms with Crippen molar-refractivity contribution in [3.8, 4) is 0 Å². The van der Waals surface area contributed by atoms with Crippen molar-refractivity contribution in [1.29, 1.82) is 0 Å². The van der Waals surface area contributed by atoms with E-state index in [9.17, 15) is 15.0 Å². The first kappa shape index (κ1) is 18.7. The van der Waals surface area contributed by atoms with Gasteiger partial charge >= 0.3 is 5.97 Å². The molecule has 4 nitrogen and oxygen atoms in total. The van der Waals surface area contributed by atoms with Gasteiger partial charge in [0, 0.05) is 6.04 Å². The van der Waals surface area contributed by atoms with Crippen LogP contribution in [0.5, 0.6) is 0 Å². The summed E-state index contributed by atoms with van der Waals surface area (Å²) >= 11 is 0. The molecule has 0 aromatic heterocycles. The van der Waals surface area contributed by atoms with Gasteiger partial charge in [0.2, 0.25) is 0 Å². The third-order valence-corrected chi connectivity index (χ3v) is 6.62. The molecule has 2 rings (SSSR count). The Balaban J connectivity index is 1.95. The van der Waals surface area contributed by atoms with Crippen LogP contribution in [-0.2, 0) is 4.79 Å². The Bertz CT molecular complexity index is 375. The van der Waals surface area contributed by atoms with Crippen molar-refractivity contribution in [3.63, 3.8) is 0 Å². The predicted octanol–water partition coefficient (Wildman–Crippen LogP) is 3.71. The molecule has 2 fully saturated rings. The van der Waals surface area contributed by atoms with Gasteiger partial charge in [-0.15, -0.1) is 0 Å². The molecule has 2 aliphatic carbocycles. The van der Waals surface area contributed by atoms with Crippen molar-refractivity contribution in [2.75, 3.05) is 0 Å². The summed E-state index contributed by atoms with van der Waals surface area (Å²) in [5, 5.41) is 20.4. The number of carboxylic acid groups (broad SMARTS) is 1. The zero-order valence-electron chi connectivity index (χ0n) is 14.7. The molecule has 0 radical (unpaired) electrons. The highest BCUT2D eigenvalue weighted by Crippen LogP contribution is 2.42. The molecule has 0 saturated heterocycles. The normalized spacial score (nSPS) is 26.4. The maximum Gasteiger partial charge on any atom is 0.311 e. The van der Waals surface area contributed by atoms with Crippen LogP contribution in [0.2, 0.25) is 0 Å². The highest BCUT2D eigenvalue weighted by atomic mass is 16.4. The molecule has 4 N–H and O–H groups in total. The maximum absolute atomic E-state index is 12.0. The predicted molar refractivity (Wildman–Crippen MR) is 92.1 cm³/mol. The summed E-state index contributed by atoms with van der Waals surface area (Å²) in [5.41, 5.74) is 5.30. The van der Waals surface area contributed by atoms with Crippen LogP contribution in [0.15, 0.2) is 0 Å². The lowest BCUT2D eigenvalue weighted by atomic mass is 9.64. The average Bonchev–Trinajstić information content (AvgIpc) is 2.59. The van der Waals surface area contributed by atoms with Crippen LogP contribution in [0, 0.1) is 17.3 Å². The Morgan fingerprint density at radius 3 is 2.13 bits per heavy atom. The van der Waals surface area contributed by atoms with E-state index in [1.54, 1.807) is 6.92 Å². The molecule has 0 aromatic carbocycles. The largest absolute Gasteiger partial charge is 0.481 e. The van der Waals surface area contributed by atoms with E-state index in [2.05, 4.69) is 0 Å². The van der Waals surface area contributed by atoms with Gasteiger partial charge in [-0.3, -0.25) is 4.79 Å². The number of nitrogens with two attached hydrogens (primary N) is 1. The van der Waals surface area contributed by atoms with Gasteiger partial charge in [0.15, 0.2) is 0 Å². The lowest BCUT2D eigenvalue weighted by Gasteiger charge is -2.42. The molecule has 0 aromatic rings. The highest BCUT2D eigenvalue weighted by molar-refractivity contribution is 5.75. The van der Waals surface area contributed by atoms with Crippen molar-refractivity contribution in [2.45, 2.75) is 96.1 Å². The quantitative estimate of drug-likeness (QED) is 0.666. The molecule has 0 bridgehead atoms. The molecule has 3 unspecified atom stereocenters. The number of hydrogen-bond donors (Lipinski definition) is 3. The molecule has 23 heavy (non-hydrogen) atoms. The van der Waals surface area contributed by atoms with E-state index in [0.717, 1.165) is 32.1 Å². The number of carbonyl (C=O) groups is 1. The van der Waals surface area contributed by atoms with Gasteiger partial charge < -0.3 is 15.9 Å². The summed E-state index contributed by atoms with van der Waals surface area (Å²) in [7, 11) is 0. The fourth-order valence-corrected chi connectivity index (χ4v) is 4.75. The van der Waals surface area contributed by atoms with E-state index >= 15 is 0 Å². The second-order valence-electron chi connectivity index (χ2n) is 8.10. The number of aliphatic carboxylic acids is 1. The lowest BCUT2D eigenvalue weighted by molar-refractivity contribution is -0.156. The van der Waals surface area contributed by atoms with E-state index in [0.29, 0.717) is 12.3 Å². The zero-order valence-corrected chi connectivity index (χ0v) is 14.7. The Kier molecular flexibility index (Phi) is 6.90. The first-order valence-electron chi connectivity index (χ1n) is 9.63. The van der Waals surface area contributed by atoms with Crippen LogP contribution in [0.4, 0.5) is 0 Å². The van der Waals surface area contributed by atoms with Gasteiger partial charge in [-0.2, -0.15) is 0 Å². The second-order valence-corrected chi connectivity index (χ2v) is 8.10. The Morgan fingerprint density at radius 1 is 1.09 bits per heavy atom. The molecule has 2 aliphatic rings.